The first-order valence-corrected chi connectivity index (χ1v) is 10.7. The summed E-state index contributed by atoms with van der Waals surface area (Å²) in [4.78, 5) is 33.3. The van der Waals surface area contributed by atoms with Crippen LogP contribution in [-0.4, -0.2) is 61.8 Å². The van der Waals surface area contributed by atoms with Gasteiger partial charge in [0.1, 0.15) is 0 Å². The second-order valence-electron chi connectivity index (χ2n) is 8.73. The summed E-state index contributed by atoms with van der Waals surface area (Å²) in [6.45, 7) is 2.44. The molecule has 1 aliphatic heterocycles. The van der Waals surface area contributed by atoms with Crippen LogP contribution in [-0.2, 0) is 22.7 Å². The van der Waals surface area contributed by atoms with Crippen molar-refractivity contribution >= 4 is 41.8 Å². The molecule has 2 aliphatic carbocycles. The highest BCUT2D eigenvalue weighted by Gasteiger charge is 2.58. The summed E-state index contributed by atoms with van der Waals surface area (Å²) in [6.07, 6.45) is 5.21. The first kappa shape index (κ1) is 23.7. The van der Waals surface area contributed by atoms with Crippen molar-refractivity contribution in [2.75, 3.05) is 34.2 Å². The maximum absolute atomic E-state index is 12.7. The molecule has 1 saturated heterocycles. The Hall–Kier alpha value is -1.94. The number of imide groups is 1. The highest BCUT2D eigenvalue weighted by Crippen LogP contribution is 2.52. The van der Waals surface area contributed by atoms with E-state index >= 15 is 0 Å². The van der Waals surface area contributed by atoms with E-state index in [1.54, 1.807) is 7.05 Å². The van der Waals surface area contributed by atoms with Crippen LogP contribution in [0, 0.1) is 23.7 Å². The van der Waals surface area contributed by atoms with Crippen LogP contribution in [0.25, 0.3) is 0 Å². The molecule has 2 bridgehead atoms. The third-order valence-electron chi connectivity index (χ3n) is 6.39. The SMILES string of the molecule is CN=C(NCCN1C(=O)C2C3C=CC(C3)C2C1=O)NCc1ccc(CN(C)C)cc1.I. The molecule has 2 N–H and O–H groups in total. The molecule has 8 heteroatoms. The van der Waals surface area contributed by atoms with E-state index in [1.165, 1.54) is 16.0 Å². The first-order valence-electron chi connectivity index (χ1n) is 10.7. The van der Waals surface area contributed by atoms with E-state index in [0.717, 1.165) is 13.0 Å². The molecule has 3 aliphatic rings. The van der Waals surface area contributed by atoms with Gasteiger partial charge in [-0.3, -0.25) is 19.5 Å². The second-order valence-corrected chi connectivity index (χ2v) is 8.73. The van der Waals surface area contributed by atoms with Gasteiger partial charge in [-0.05, 0) is 43.5 Å². The summed E-state index contributed by atoms with van der Waals surface area (Å²) >= 11 is 0. The number of likely N-dealkylation sites (tertiary alicyclic amines) is 1. The molecule has 1 aromatic rings. The number of benzene rings is 1. The topological polar surface area (TPSA) is 77.0 Å². The number of nitrogens with one attached hydrogen (secondary N) is 2. The molecule has 2 fully saturated rings. The van der Waals surface area contributed by atoms with Gasteiger partial charge < -0.3 is 15.5 Å². The van der Waals surface area contributed by atoms with Gasteiger partial charge in [0.15, 0.2) is 5.96 Å². The third kappa shape index (κ3) is 4.95. The predicted molar refractivity (Wildman–Crippen MR) is 132 cm³/mol. The number of rotatable bonds is 7. The van der Waals surface area contributed by atoms with Crippen molar-refractivity contribution in [2.45, 2.75) is 19.5 Å². The molecule has 168 valence electrons. The van der Waals surface area contributed by atoms with Crippen LogP contribution in [0.5, 0.6) is 0 Å². The first-order chi connectivity index (χ1) is 14.5. The molecule has 31 heavy (non-hydrogen) atoms. The van der Waals surface area contributed by atoms with Gasteiger partial charge in [-0.2, -0.15) is 0 Å². The van der Waals surface area contributed by atoms with E-state index in [-0.39, 0.29) is 59.5 Å². The number of hydrogen-bond donors (Lipinski definition) is 2. The molecule has 1 aromatic carbocycles. The minimum absolute atomic E-state index is 0. The van der Waals surface area contributed by atoms with E-state index in [1.807, 2.05) is 0 Å². The van der Waals surface area contributed by atoms with Crippen LogP contribution in [0.2, 0.25) is 0 Å². The fraction of sp³-hybridized carbons (Fsp3) is 0.522. The summed E-state index contributed by atoms with van der Waals surface area (Å²) in [7, 11) is 5.83. The summed E-state index contributed by atoms with van der Waals surface area (Å²) in [5.41, 5.74) is 2.45. The molecular formula is C23H32IN5O2. The Morgan fingerprint density at radius 2 is 1.61 bits per heavy atom. The zero-order valence-corrected chi connectivity index (χ0v) is 20.7. The van der Waals surface area contributed by atoms with Crippen molar-refractivity contribution in [1.82, 2.24) is 20.4 Å². The van der Waals surface area contributed by atoms with Gasteiger partial charge in [-0.15, -0.1) is 24.0 Å². The Morgan fingerprint density at radius 1 is 1.03 bits per heavy atom. The largest absolute Gasteiger partial charge is 0.355 e. The van der Waals surface area contributed by atoms with Crippen molar-refractivity contribution in [2.24, 2.45) is 28.7 Å². The summed E-state index contributed by atoms with van der Waals surface area (Å²) in [6, 6.07) is 8.50. The van der Waals surface area contributed by atoms with Crippen molar-refractivity contribution in [3.05, 3.63) is 47.5 Å². The van der Waals surface area contributed by atoms with Gasteiger partial charge in [0, 0.05) is 33.2 Å². The van der Waals surface area contributed by atoms with Crippen molar-refractivity contribution in [3.63, 3.8) is 0 Å². The van der Waals surface area contributed by atoms with E-state index in [9.17, 15) is 9.59 Å². The van der Waals surface area contributed by atoms with Crippen LogP contribution in [0.3, 0.4) is 0 Å². The number of fused-ring (bicyclic) bond motifs is 5. The Morgan fingerprint density at radius 3 is 2.16 bits per heavy atom. The number of amides is 2. The zero-order valence-electron chi connectivity index (χ0n) is 18.4. The Bertz CT molecular complexity index is 837. The highest BCUT2D eigenvalue weighted by atomic mass is 127. The Labute approximate surface area is 201 Å². The van der Waals surface area contributed by atoms with Crippen LogP contribution in [0.4, 0.5) is 0 Å². The summed E-state index contributed by atoms with van der Waals surface area (Å²) in [5, 5.41) is 6.51. The molecule has 1 heterocycles. The molecular weight excluding hydrogens is 505 g/mol. The third-order valence-corrected chi connectivity index (χ3v) is 6.39. The number of allylic oxidation sites excluding steroid dienone is 2. The van der Waals surface area contributed by atoms with Gasteiger partial charge in [0.2, 0.25) is 11.8 Å². The molecule has 1 saturated carbocycles. The fourth-order valence-electron chi connectivity index (χ4n) is 5.00. The van der Waals surface area contributed by atoms with Gasteiger partial charge in [0.25, 0.3) is 0 Å². The maximum atomic E-state index is 12.7. The molecule has 0 radical (unpaired) electrons. The van der Waals surface area contributed by atoms with E-state index in [4.69, 9.17) is 0 Å². The van der Waals surface area contributed by atoms with E-state index in [0.29, 0.717) is 25.6 Å². The van der Waals surface area contributed by atoms with E-state index in [2.05, 4.69) is 71.0 Å². The predicted octanol–water partition coefficient (Wildman–Crippen LogP) is 1.84. The van der Waals surface area contributed by atoms with Gasteiger partial charge in [-0.1, -0.05) is 36.4 Å². The maximum Gasteiger partial charge on any atom is 0.233 e. The Balaban J connectivity index is 0.00000272. The van der Waals surface area contributed by atoms with Crippen molar-refractivity contribution < 1.29 is 9.59 Å². The molecule has 0 spiro atoms. The number of nitrogens with zero attached hydrogens (tertiary/aromatic N) is 3. The second kappa shape index (κ2) is 10.1. The van der Waals surface area contributed by atoms with Gasteiger partial charge in [-0.25, -0.2) is 0 Å². The zero-order chi connectivity index (χ0) is 21.3. The lowest BCUT2D eigenvalue weighted by atomic mass is 9.85. The lowest BCUT2D eigenvalue weighted by Crippen LogP contribution is -2.43. The summed E-state index contributed by atoms with van der Waals surface area (Å²) < 4.78 is 0. The molecule has 4 rings (SSSR count). The Kier molecular flexibility index (Phi) is 7.74. The van der Waals surface area contributed by atoms with Crippen LogP contribution >= 0.6 is 24.0 Å². The number of hydrogen-bond acceptors (Lipinski definition) is 4. The lowest BCUT2D eigenvalue weighted by molar-refractivity contribution is -0.140. The molecule has 2 amide bonds. The number of carbonyl (C=O) groups excluding carboxylic acids is 2. The van der Waals surface area contributed by atoms with Gasteiger partial charge >= 0.3 is 0 Å². The molecule has 0 aromatic heterocycles. The highest BCUT2D eigenvalue weighted by molar-refractivity contribution is 14.0. The molecule has 4 atom stereocenters. The number of carbonyl (C=O) groups is 2. The minimum atomic E-state index is -0.125. The van der Waals surface area contributed by atoms with Crippen molar-refractivity contribution in [1.29, 1.82) is 0 Å². The number of guanidine groups is 1. The molecule has 7 nitrogen and oxygen atoms in total. The summed E-state index contributed by atoms with van der Waals surface area (Å²) in [5.74, 6) is 0.934. The fourth-order valence-corrected chi connectivity index (χ4v) is 5.00. The standard InChI is InChI=1S/C23H31N5O2.HI/c1-24-23(26-13-15-4-6-16(7-5-15)14-27(2)3)25-10-11-28-21(29)19-17-8-9-18(12-17)20(19)22(28)30;/h4-9,17-20H,10-14H2,1-3H3,(H2,24,25,26);1H. The molecule has 4 unspecified atom stereocenters. The number of halogens is 1. The minimum Gasteiger partial charge on any atom is -0.355 e. The quantitative estimate of drug-likeness (QED) is 0.183. The average molecular weight is 537 g/mol. The van der Waals surface area contributed by atoms with Crippen LogP contribution in [0.15, 0.2) is 41.4 Å². The normalized spacial score (nSPS) is 26.5. The monoisotopic (exact) mass is 537 g/mol. The number of aliphatic imine (C=N–C) groups is 1. The van der Waals surface area contributed by atoms with Crippen molar-refractivity contribution in [3.8, 4) is 0 Å². The lowest BCUT2D eigenvalue weighted by Gasteiger charge is -2.18. The average Bonchev–Trinajstić information content (AvgIpc) is 3.40. The van der Waals surface area contributed by atoms with Crippen LogP contribution in [0.1, 0.15) is 17.5 Å². The smallest absolute Gasteiger partial charge is 0.233 e. The van der Waals surface area contributed by atoms with Crippen LogP contribution < -0.4 is 10.6 Å². The van der Waals surface area contributed by atoms with Gasteiger partial charge in [0.05, 0.1) is 11.8 Å². The van der Waals surface area contributed by atoms with E-state index < -0.39 is 0 Å².